The molecule has 0 aliphatic heterocycles. The van der Waals surface area contributed by atoms with Gasteiger partial charge in [-0.05, 0) is 60.4 Å². The standard InChI is InChI=1S/C37H37ClF3N3O4S/c38-33-22-11-10-15-28(33)25-43(34(23-27-13-4-1-5-14-27)36(46)42-30-17-6-2-7-18-30)35(45)26-44(49(47,48)32-20-8-3-9-21-32)31-19-12-16-29(24-31)37(39,40)41/h1,3-5,8-16,19-22,24,30,34H,2,6-7,17-18,23,25-26H2,(H,42,46)/t34-/m0/s1. The van der Waals surface area contributed by atoms with Gasteiger partial charge in [0.05, 0.1) is 16.1 Å². The molecular formula is C37H37ClF3N3O4S. The van der Waals surface area contributed by atoms with E-state index in [2.05, 4.69) is 5.32 Å². The monoisotopic (exact) mass is 711 g/mol. The van der Waals surface area contributed by atoms with Gasteiger partial charge in [0.2, 0.25) is 11.8 Å². The Morgan fingerprint density at radius 2 is 1.47 bits per heavy atom. The maximum atomic E-state index is 14.6. The van der Waals surface area contributed by atoms with Gasteiger partial charge in [-0.2, -0.15) is 13.2 Å². The van der Waals surface area contributed by atoms with Gasteiger partial charge in [-0.3, -0.25) is 13.9 Å². The fourth-order valence-corrected chi connectivity index (χ4v) is 7.62. The minimum absolute atomic E-state index is 0.0862. The number of nitrogens with one attached hydrogen (secondary N) is 1. The molecule has 1 N–H and O–H groups in total. The summed E-state index contributed by atoms with van der Waals surface area (Å²) in [5, 5.41) is 3.45. The van der Waals surface area contributed by atoms with E-state index in [9.17, 15) is 31.2 Å². The van der Waals surface area contributed by atoms with Gasteiger partial charge in [0.25, 0.3) is 10.0 Å². The Kier molecular flexibility index (Phi) is 11.7. The van der Waals surface area contributed by atoms with Crippen LogP contribution in [0.3, 0.4) is 0 Å². The number of carbonyl (C=O) groups is 2. The molecule has 1 aliphatic rings. The second-order valence-corrected chi connectivity index (χ2v) is 14.3. The maximum absolute atomic E-state index is 14.6. The quantitative estimate of drug-likeness (QED) is 0.164. The molecule has 0 unspecified atom stereocenters. The Morgan fingerprint density at radius 1 is 0.837 bits per heavy atom. The summed E-state index contributed by atoms with van der Waals surface area (Å²) in [6.45, 7) is -1.04. The molecule has 2 amide bonds. The van der Waals surface area contributed by atoms with Gasteiger partial charge in [0.1, 0.15) is 12.6 Å². The number of carbonyl (C=O) groups excluding carboxylic acids is 2. The van der Waals surface area contributed by atoms with Gasteiger partial charge in [-0.1, -0.05) is 104 Å². The van der Waals surface area contributed by atoms with Crippen LogP contribution in [0.2, 0.25) is 5.02 Å². The maximum Gasteiger partial charge on any atom is 0.416 e. The summed E-state index contributed by atoms with van der Waals surface area (Å²) in [5.41, 5.74) is -0.157. The lowest BCUT2D eigenvalue weighted by molar-refractivity contribution is -0.140. The molecule has 1 atom stereocenters. The number of alkyl halides is 3. The number of rotatable bonds is 12. The van der Waals surface area contributed by atoms with Crippen molar-refractivity contribution in [1.29, 1.82) is 0 Å². The first-order chi connectivity index (χ1) is 23.4. The van der Waals surface area contributed by atoms with Crippen molar-refractivity contribution >= 4 is 39.1 Å². The van der Waals surface area contributed by atoms with Crippen LogP contribution in [0.4, 0.5) is 18.9 Å². The third-order valence-electron chi connectivity index (χ3n) is 8.59. The highest BCUT2D eigenvalue weighted by atomic mass is 35.5. The van der Waals surface area contributed by atoms with Crippen LogP contribution in [-0.2, 0) is 38.8 Å². The number of benzene rings is 4. The zero-order valence-electron chi connectivity index (χ0n) is 26.7. The molecule has 0 spiro atoms. The van der Waals surface area contributed by atoms with E-state index in [1.807, 2.05) is 30.3 Å². The number of sulfonamides is 1. The van der Waals surface area contributed by atoms with E-state index in [-0.39, 0.29) is 29.6 Å². The Morgan fingerprint density at radius 3 is 2.12 bits per heavy atom. The molecule has 4 aromatic rings. The van der Waals surface area contributed by atoms with Crippen LogP contribution in [0, 0.1) is 0 Å². The van der Waals surface area contributed by atoms with Gasteiger partial charge in [-0.15, -0.1) is 0 Å². The van der Waals surface area contributed by atoms with E-state index in [0.29, 0.717) is 21.0 Å². The number of hydrogen-bond donors (Lipinski definition) is 1. The van der Waals surface area contributed by atoms with Crippen LogP contribution >= 0.6 is 11.6 Å². The molecule has 7 nitrogen and oxygen atoms in total. The smallest absolute Gasteiger partial charge is 0.352 e. The number of hydrogen-bond acceptors (Lipinski definition) is 4. The minimum Gasteiger partial charge on any atom is -0.352 e. The SMILES string of the molecule is O=C(NC1CCCCC1)[C@H](Cc1ccccc1)N(Cc1ccccc1Cl)C(=O)CN(c1cccc(C(F)(F)F)c1)S(=O)(=O)c1ccccc1. The molecule has 0 aromatic heterocycles. The first-order valence-corrected chi connectivity index (χ1v) is 17.9. The molecule has 0 radical (unpaired) electrons. The topological polar surface area (TPSA) is 86.8 Å². The highest BCUT2D eigenvalue weighted by Gasteiger charge is 2.37. The van der Waals surface area contributed by atoms with Crippen LogP contribution in [-0.4, -0.2) is 43.8 Å². The van der Waals surface area contributed by atoms with Crippen LogP contribution in [0.15, 0.2) is 114 Å². The van der Waals surface area contributed by atoms with Crippen molar-refractivity contribution < 1.29 is 31.2 Å². The van der Waals surface area contributed by atoms with Crippen molar-refractivity contribution in [1.82, 2.24) is 10.2 Å². The predicted octanol–water partition coefficient (Wildman–Crippen LogP) is 7.64. The number of anilines is 1. The Hall–Kier alpha value is -4.35. The van der Waals surface area contributed by atoms with Gasteiger partial charge >= 0.3 is 6.18 Å². The third-order valence-corrected chi connectivity index (χ3v) is 10.7. The molecule has 12 heteroatoms. The molecule has 1 aliphatic carbocycles. The molecule has 0 bridgehead atoms. The third kappa shape index (κ3) is 9.21. The Labute approximate surface area is 289 Å². The fraction of sp³-hybridized carbons (Fsp3) is 0.297. The van der Waals surface area contributed by atoms with E-state index in [0.717, 1.165) is 49.8 Å². The summed E-state index contributed by atoms with van der Waals surface area (Å²) in [6.07, 6.45) is -0.0967. The van der Waals surface area contributed by atoms with E-state index in [1.54, 1.807) is 30.3 Å². The lowest BCUT2D eigenvalue weighted by atomic mass is 9.94. The summed E-state index contributed by atoms with van der Waals surface area (Å²) < 4.78 is 70.3. The number of halogens is 4. The van der Waals surface area contributed by atoms with Gasteiger partial charge in [0.15, 0.2) is 0 Å². The summed E-state index contributed by atoms with van der Waals surface area (Å²) in [4.78, 5) is 29.8. The molecule has 5 rings (SSSR count). The van der Waals surface area contributed by atoms with Crippen LogP contribution < -0.4 is 9.62 Å². The van der Waals surface area contributed by atoms with Crippen LogP contribution in [0.25, 0.3) is 0 Å². The highest BCUT2D eigenvalue weighted by molar-refractivity contribution is 7.92. The van der Waals surface area contributed by atoms with E-state index in [1.165, 1.54) is 35.2 Å². The lowest BCUT2D eigenvalue weighted by Gasteiger charge is -2.35. The van der Waals surface area contributed by atoms with Gasteiger partial charge in [-0.25, -0.2) is 8.42 Å². The summed E-state index contributed by atoms with van der Waals surface area (Å²) in [7, 11) is -4.56. The molecule has 258 valence electrons. The second-order valence-electron chi connectivity index (χ2n) is 12.0. The molecule has 49 heavy (non-hydrogen) atoms. The predicted molar refractivity (Wildman–Crippen MR) is 183 cm³/mol. The molecule has 1 saturated carbocycles. The molecule has 4 aromatic carbocycles. The molecule has 1 fully saturated rings. The average Bonchev–Trinajstić information content (AvgIpc) is 3.10. The van der Waals surface area contributed by atoms with Gasteiger partial charge < -0.3 is 10.2 Å². The zero-order valence-corrected chi connectivity index (χ0v) is 28.2. The minimum atomic E-state index is -4.77. The van der Waals surface area contributed by atoms with E-state index >= 15 is 0 Å². The van der Waals surface area contributed by atoms with Crippen molar-refractivity contribution in [3.8, 4) is 0 Å². The number of nitrogens with zero attached hydrogens (tertiary/aromatic N) is 2. The first kappa shape index (κ1) is 35.9. The lowest BCUT2D eigenvalue weighted by Crippen LogP contribution is -2.55. The fourth-order valence-electron chi connectivity index (χ4n) is 5.99. The average molecular weight is 712 g/mol. The first-order valence-electron chi connectivity index (χ1n) is 16.1. The molecule has 0 heterocycles. The van der Waals surface area contributed by atoms with Crippen molar-refractivity contribution in [3.63, 3.8) is 0 Å². The Balaban J connectivity index is 1.59. The van der Waals surface area contributed by atoms with Crippen molar-refractivity contribution in [2.75, 3.05) is 10.8 Å². The van der Waals surface area contributed by atoms with Crippen LogP contribution in [0.5, 0.6) is 0 Å². The molecular weight excluding hydrogens is 675 g/mol. The van der Waals surface area contributed by atoms with Crippen molar-refractivity contribution in [3.05, 3.63) is 131 Å². The normalized spacial score (nSPS) is 14.5. The van der Waals surface area contributed by atoms with Crippen molar-refractivity contribution in [2.45, 2.75) is 68.2 Å². The van der Waals surface area contributed by atoms with Crippen molar-refractivity contribution in [2.24, 2.45) is 0 Å². The zero-order chi connectivity index (χ0) is 35.0. The largest absolute Gasteiger partial charge is 0.416 e. The molecule has 0 saturated heterocycles. The summed E-state index contributed by atoms with van der Waals surface area (Å²) in [5.74, 6) is -1.20. The van der Waals surface area contributed by atoms with E-state index < -0.39 is 46.2 Å². The second kappa shape index (κ2) is 15.9. The summed E-state index contributed by atoms with van der Waals surface area (Å²) >= 11 is 6.54. The van der Waals surface area contributed by atoms with Crippen LogP contribution in [0.1, 0.15) is 48.8 Å². The Bertz CT molecular complexity index is 1840. The van der Waals surface area contributed by atoms with Gasteiger partial charge in [0, 0.05) is 24.0 Å². The number of amides is 2. The summed E-state index contributed by atoms with van der Waals surface area (Å²) in [6, 6.07) is 25.7. The van der Waals surface area contributed by atoms with E-state index in [4.69, 9.17) is 11.6 Å². The highest BCUT2D eigenvalue weighted by Crippen LogP contribution is 2.33.